The molecule has 0 aliphatic rings. The molecule has 0 saturated heterocycles. The van der Waals surface area contributed by atoms with Crippen LogP contribution in [0.2, 0.25) is 0 Å². The number of thiophene rings is 1. The molecule has 238 valence electrons. The molecule has 0 aliphatic heterocycles. The molecule has 11 rings (SSSR count). The van der Waals surface area contributed by atoms with Gasteiger partial charge >= 0.3 is 0 Å². The monoisotopic (exact) mass is 670 g/mol. The topological polar surface area (TPSA) is 61.4 Å². The fourth-order valence-corrected chi connectivity index (χ4v) is 8.73. The van der Waals surface area contributed by atoms with E-state index < -0.39 is 0 Å². The average molecular weight is 671 g/mol. The van der Waals surface area contributed by atoms with E-state index in [1.165, 1.54) is 20.2 Å². The average Bonchev–Trinajstić information content (AvgIpc) is 3.84. The first-order chi connectivity index (χ1) is 25.3. The third-order valence-corrected chi connectivity index (χ3v) is 11.0. The summed E-state index contributed by atoms with van der Waals surface area (Å²) in [6.45, 7) is 0. The van der Waals surface area contributed by atoms with Crippen molar-refractivity contribution in [2.75, 3.05) is 0 Å². The van der Waals surface area contributed by atoms with E-state index in [4.69, 9.17) is 19.9 Å². The Morgan fingerprint density at radius 3 is 1.92 bits per heavy atom. The maximum absolute atomic E-state index is 5.30. The van der Waals surface area contributed by atoms with Crippen LogP contribution in [0.4, 0.5) is 0 Å². The first kappa shape index (κ1) is 28.2. The molecule has 5 aromatic heterocycles. The van der Waals surface area contributed by atoms with Crippen molar-refractivity contribution in [2.45, 2.75) is 0 Å². The highest BCUT2D eigenvalue weighted by atomic mass is 32.1. The second kappa shape index (κ2) is 10.9. The first-order valence-corrected chi connectivity index (χ1v) is 17.7. The van der Waals surface area contributed by atoms with Crippen molar-refractivity contribution < 1.29 is 0 Å². The molecular formula is C44H26N6S. The molecule has 0 unspecified atom stereocenters. The number of nitrogens with zero attached hydrogens (tertiary/aromatic N) is 6. The first-order valence-electron chi connectivity index (χ1n) is 16.9. The predicted molar refractivity (Wildman–Crippen MR) is 210 cm³/mol. The number of aromatic nitrogens is 6. The van der Waals surface area contributed by atoms with Crippen LogP contribution >= 0.6 is 11.3 Å². The molecule has 7 heteroatoms. The van der Waals surface area contributed by atoms with Crippen LogP contribution in [0.25, 0.3) is 98.3 Å². The molecule has 0 saturated carbocycles. The molecule has 6 nitrogen and oxygen atoms in total. The Balaban J connectivity index is 1.21. The maximum atomic E-state index is 5.30. The number of hydrogen-bond donors (Lipinski definition) is 0. The van der Waals surface area contributed by atoms with Crippen LogP contribution in [0, 0.1) is 0 Å². The Bertz CT molecular complexity index is 3100. The lowest BCUT2D eigenvalue weighted by atomic mass is 10.1. The molecule has 0 amide bonds. The zero-order valence-electron chi connectivity index (χ0n) is 27.1. The van der Waals surface area contributed by atoms with Gasteiger partial charge in [0, 0.05) is 53.7 Å². The van der Waals surface area contributed by atoms with Gasteiger partial charge in [-0.05, 0) is 54.6 Å². The van der Waals surface area contributed by atoms with Gasteiger partial charge in [-0.25, -0.2) is 4.98 Å². The van der Waals surface area contributed by atoms with Gasteiger partial charge in [0.1, 0.15) is 0 Å². The molecule has 51 heavy (non-hydrogen) atoms. The summed E-state index contributed by atoms with van der Waals surface area (Å²) in [5, 5.41) is 5.95. The van der Waals surface area contributed by atoms with Crippen LogP contribution in [-0.2, 0) is 0 Å². The van der Waals surface area contributed by atoms with Crippen LogP contribution in [-0.4, -0.2) is 29.1 Å². The van der Waals surface area contributed by atoms with E-state index in [1.54, 1.807) is 0 Å². The van der Waals surface area contributed by atoms with Gasteiger partial charge in [0.15, 0.2) is 11.6 Å². The Labute approximate surface area is 295 Å². The number of rotatable bonds is 4. The van der Waals surface area contributed by atoms with Crippen molar-refractivity contribution in [3.8, 4) is 34.4 Å². The van der Waals surface area contributed by atoms with E-state index in [0.29, 0.717) is 17.6 Å². The lowest BCUT2D eigenvalue weighted by Crippen LogP contribution is -2.07. The third kappa shape index (κ3) is 4.22. The summed E-state index contributed by atoms with van der Waals surface area (Å²) >= 11 is 1.82. The standard InChI is InChI=1S/C44H26N6S/c1-2-13-27(14-3-1)42-46-43(48-44(47-42)50-34-19-8-4-15-28(34)29-16-5-9-20-35(29)50)31-18-6-10-21-36(31)49-37-22-12-24-45-41(37)33-25-32-30-17-7-11-23-39(30)51-40(32)26-38(33)49/h1-26H. The Morgan fingerprint density at radius 1 is 0.431 bits per heavy atom. The number of benzene rings is 6. The molecule has 0 aliphatic carbocycles. The van der Waals surface area contributed by atoms with E-state index in [1.807, 2.05) is 41.8 Å². The summed E-state index contributed by atoms with van der Waals surface area (Å²) in [6, 6.07) is 52.9. The summed E-state index contributed by atoms with van der Waals surface area (Å²) in [5.74, 6) is 1.78. The van der Waals surface area contributed by atoms with Crippen molar-refractivity contribution >= 4 is 75.3 Å². The molecule has 0 bridgehead atoms. The Kier molecular flexibility index (Phi) is 6.02. The highest BCUT2D eigenvalue weighted by molar-refractivity contribution is 7.25. The van der Waals surface area contributed by atoms with Gasteiger partial charge in [0.2, 0.25) is 5.95 Å². The van der Waals surface area contributed by atoms with Crippen molar-refractivity contribution in [2.24, 2.45) is 0 Å². The Hall–Kier alpha value is -6.70. The lowest BCUT2D eigenvalue weighted by Gasteiger charge is -2.15. The summed E-state index contributed by atoms with van der Waals surface area (Å²) in [5.41, 5.74) is 7.98. The maximum Gasteiger partial charge on any atom is 0.238 e. The second-order valence-corrected chi connectivity index (χ2v) is 13.8. The summed E-state index contributed by atoms with van der Waals surface area (Å²) in [6.07, 6.45) is 1.88. The molecule has 0 radical (unpaired) electrons. The minimum absolute atomic E-state index is 0.571. The molecule has 0 atom stereocenters. The SMILES string of the molecule is c1ccc(-c2nc(-c3ccccc3-n3c4cc5sc6ccccc6c5cc4c4ncccc43)nc(-n3c4ccccc4c4ccccc43)n2)cc1. The minimum Gasteiger partial charge on any atom is -0.307 e. The van der Waals surface area contributed by atoms with Gasteiger partial charge in [-0.2, -0.15) is 9.97 Å². The van der Waals surface area contributed by atoms with Crippen molar-refractivity contribution in [3.05, 3.63) is 158 Å². The molecule has 5 heterocycles. The van der Waals surface area contributed by atoms with E-state index in [-0.39, 0.29) is 0 Å². The molecule has 6 aromatic carbocycles. The highest BCUT2D eigenvalue weighted by Gasteiger charge is 2.22. The highest BCUT2D eigenvalue weighted by Crippen LogP contribution is 2.41. The summed E-state index contributed by atoms with van der Waals surface area (Å²) in [4.78, 5) is 20.6. The van der Waals surface area contributed by atoms with Gasteiger partial charge in [0.05, 0.1) is 33.3 Å². The van der Waals surface area contributed by atoms with Crippen molar-refractivity contribution in [1.29, 1.82) is 0 Å². The number of fused-ring (bicyclic) bond motifs is 9. The van der Waals surface area contributed by atoms with Crippen LogP contribution < -0.4 is 0 Å². The number of pyridine rings is 1. The van der Waals surface area contributed by atoms with E-state index >= 15 is 0 Å². The fraction of sp³-hybridized carbons (Fsp3) is 0. The van der Waals surface area contributed by atoms with Gasteiger partial charge in [-0.15, -0.1) is 11.3 Å². The fourth-order valence-electron chi connectivity index (χ4n) is 7.61. The van der Waals surface area contributed by atoms with E-state index in [0.717, 1.165) is 60.6 Å². The molecule has 0 spiro atoms. The second-order valence-electron chi connectivity index (χ2n) is 12.7. The zero-order chi connectivity index (χ0) is 33.5. The van der Waals surface area contributed by atoms with Gasteiger partial charge in [0.25, 0.3) is 0 Å². The van der Waals surface area contributed by atoms with Crippen LogP contribution in [0.3, 0.4) is 0 Å². The molecule has 11 aromatic rings. The predicted octanol–water partition coefficient (Wildman–Crippen LogP) is 11.2. The Morgan fingerprint density at radius 2 is 1.10 bits per heavy atom. The zero-order valence-corrected chi connectivity index (χ0v) is 27.9. The largest absolute Gasteiger partial charge is 0.307 e. The normalized spacial score (nSPS) is 11.9. The quantitative estimate of drug-likeness (QED) is 0.187. The van der Waals surface area contributed by atoms with Gasteiger partial charge in [-0.3, -0.25) is 9.55 Å². The lowest BCUT2D eigenvalue weighted by molar-refractivity contribution is 0.951. The van der Waals surface area contributed by atoms with E-state index in [9.17, 15) is 0 Å². The van der Waals surface area contributed by atoms with Crippen LogP contribution in [0.5, 0.6) is 0 Å². The minimum atomic E-state index is 0.571. The van der Waals surface area contributed by atoms with Crippen LogP contribution in [0.1, 0.15) is 0 Å². The number of hydrogen-bond acceptors (Lipinski definition) is 5. The summed E-state index contributed by atoms with van der Waals surface area (Å²) in [7, 11) is 0. The summed E-state index contributed by atoms with van der Waals surface area (Å²) < 4.78 is 7.00. The van der Waals surface area contributed by atoms with Crippen LogP contribution in [0.15, 0.2) is 158 Å². The van der Waals surface area contributed by atoms with Crippen molar-refractivity contribution in [1.82, 2.24) is 29.1 Å². The smallest absolute Gasteiger partial charge is 0.238 e. The molecule has 0 fully saturated rings. The van der Waals surface area contributed by atoms with Crippen molar-refractivity contribution in [3.63, 3.8) is 0 Å². The number of para-hydroxylation sites is 3. The molecular weight excluding hydrogens is 645 g/mol. The molecule has 0 N–H and O–H groups in total. The third-order valence-electron chi connectivity index (χ3n) is 9.84. The van der Waals surface area contributed by atoms with E-state index in [2.05, 4.69) is 137 Å². The van der Waals surface area contributed by atoms with Gasteiger partial charge in [-0.1, -0.05) is 97.1 Å². The van der Waals surface area contributed by atoms with Gasteiger partial charge < -0.3 is 4.57 Å².